The molecule has 1 aromatic carbocycles. The van der Waals surface area contributed by atoms with E-state index in [-0.39, 0.29) is 0 Å². The fourth-order valence-electron chi connectivity index (χ4n) is 3.01. The molecule has 0 saturated heterocycles. The van der Waals surface area contributed by atoms with Crippen LogP contribution in [0.2, 0.25) is 0 Å². The van der Waals surface area contributed by atoms with E-state index < -0.39 is 6.10 Å². The minimum atomic E-state index is -0.449. The van der Waals surface area contributed by atoms with E-state index in [0.29, 0.717) is 6.54 Å². The van der Waals surface area contributed by atoms with Crippen LogP contribution in [-0.2, 0) is 13.0 Å². The number of aliphatic hydroxyl groups is 1. The van der Waals surface area contributed by atoms with Gasteiger partial charge in [0.05, 0.1) is 27.7 Å². The molecule has 5 nitrogen and oxygen atoms in total. The molecule has 0 radical (unpaired) electrons. The van der Waals surface area contributed by atoms with E-state index in [0.717, 1.165) is 51.6 Å². The number of thiazole rings is 1. The highest BCUT2D eigenvalue weighted by Crippen LogP contribution is 2.35. The summed E-state index contributed by atoms with van der Waals surface area (Å²) in [6.07, 6.45) is 2.21. The molecule has 1 atom stereocenters. The van der Waals surface area contributed by atoms with Crippen molar-refractivity contribution in [3.8, 4) is 5.13 Å². The van der Waals surface area contributed by atoms with Gasteiger partial charge < -0.3 is 10.8 Å². The van der Waals surface area contributed by atoms with Gasteiger partial charge in [0.1, 0.15) is 0 Å². The van der Waals surface area contributed by atoms with Gasteiger partial charge in [0, 0.05) is 12.1 Å². The number of nitrogens with zero attached hydrogens (tertiary/aromatic N) is 3. The third-order valence-electron chi connectivity index (χ3n) is 3.98. The Labute approximate surface area is 126 Å². The van der Waals surface area contributed by atoms with E-state index in [1.807, 2.05) is 22.9 Å². The summed E-state index contributed by atoms with van der Waals surface area (Å²) in [4.78, 5) is 4.66. The number of rotatable bonds is 2. The fourth-order valence-corrected chi connectivity index (χ4v) is 3.95. The first-order valence-electron chi connectivity index (χ1n) is 7.12. The Morgan fingerprint density at radius 3 is 3.05 bits per heavy atom. The first kappa shape index (κ1) is 12.9. The third-order valence-corrected chi connectivity index (χ3v) is 4.99. The molecule has 1 aliphatic rings. The predicted molar refractivity (Wildman–Crippen MR) is 82.5 cm³/mol. The number of hydrogen-bond donors (Lipinski definition) is 2. The summed E-state index contributed by atoms with van der Waals surface area (Å²) in [6.45, 7) is 0.345. The van der Waals surface area contributed by atoms with Crippen LogP contribution in [0.25, 0.3) is 15.3 Å². The van der Waals surface area contributed by atoms with Gasteiger partial charge in [-0.25, -0.2) is 9.67 Å². The van der Waals surface area contributed by atoms with E-state index in [4.69, 9.17) is 5.73 Å². The van der Waals surface area contributed by atoms with Crippen molar-refractivity contribution in [2.24, 2.45) is 5.73 Å². The monoisotopic (exact) mass is 300 g/mol. The van der Waals surface area contributed by atoms with Gasteiger partial charge in [0.25, 0.3) is 0 Å². The molecule has 2 aromatic heterocycles. The molecular weight excluding hydrogens is 284 g/mol. The van der Waals surface area contributed by atoms with Gasteiger partial charge in [-0.2, -0.15) is 5.10 Å². The molecule has 0 fully saturated rings. The van der Waals surface area contributed by atoms with E-state index in [1.54, 1.807) is 11.3 Å². The van der Waals surface area contributed by atoms with Crippen LogP contribution in [0.1, 0.15) is 35.9 Å². The van der Waals surface area contributed by atoms with Crippen molar-refractivity contribution in [2.75, 3.05) is 0 Å². The summed E-state index contributed by atoms with van der Waals surface area (Å²) in [5, 5.41) is 15.7. The highest BCUT2D eigenvalue weighted by atomic mass is 32.1. The molecule has 0 amide bonds. The number of aromatic nitrogens is 3. The van der Waals surface area contributed by atoms with Gasteiger partial charge in [-0.3, -0.25) is 0 Å². The first-order valence-corrected chi connectivity index (χ1v) is 7.94. The van der Waals surface area contributed by atoms with Crippen LogP contribution in [0.3, 0.4) is 0 Å². The number of aliphatic hydroxyl groups excluding tert-OH is 1. The van der Waals surface area contributed by atoms with Crippen LogP contribution >= 0.6 is 11.3 Å². The molecule has 6 heteroatoms. The lowest BCUT2D eigenvalue weighted by Crippen LogP contribution is -2.12. The zero-order chi connectivity index (χ0) is 14.4. The zero-order valence-corrected chi connectivity index (χ0v) is 12.3. The number of nitrogens with two attached hydrogens (primary N) is 1. The van der Waals surface area contributed by atoms with Crippen LogP contribution in [0.5, 0.6) is 0 Å². The highest BCUT2D eigenvalue weighted by Gasteiger charge is 2.28. The SMILES string of the molecule is NCc1nn(-c2nc3ccccc3s2)c2c1C(O)CCC2. The largest absolute Gasteiger partial charge is 0.388 e. The van der Waals surface area contributed by atoms with Crippen molar-refractivity contribution in [3.05, 3.63) is 41.2 Å². The van der Waals surface area contributed by atoms with Crippen LogP contribution in [-0.4, -0.2) is 19.9 Å². The summed E-state index contributed by atoms with van der Waals surface area (Å²) in [5.41, 5.74) is 9.55. The maximum absolute atomic E-state index is 10.2. The van der Waals surface area contributed by atoms with E-state index in [9.17, 15) is 5.11 Å². The Balaban J connectivity index is 1.92. The van der Waals surface area contributed by atoms with Crippen molar-refractivity contribution in [3.63, 3.8) is 0 Å². The normalized spacial score (nSPS) is 18.1. The Hall–Kier alpha value is -1.76. The molecule has 21 heavy (non-hydrogen) atoms. The summed E-state index contributed by atoms with van der Waals surface area (Å²) in [5.74, 6) is 0. The van der Waals surface area contributed by atoms with Gasteiger partial charge in [-0.05, 0) is 31.4 Å². The first-order chi connectivity index (χ1) is 10.3. The van der Waals surface area contributed by atoms with Crippen molar-refractivity contribution in [1.29, 1.82) is 0 Å². The average molecular weight is 300 g/mol. The molecule has 3 aromatic rings. The average Bonchev–Trinajstić information content (AvgIpc) is 3.08. The molecule has 2 heterocycles. The molecule has 1 unspecified atom stereocenters. The zero-order valence-electron chi connectivity index (χ0n) is 11.5. The maximum Gasteiger partial charge on any atom is 0.211 e. The minimum absolute atomic E-state index is 0.345. The molecule has 0 aliphatic heterocycles. The second-order valence-corrected chi connectivity index (χ2v) is 6.30. The van der Waals surface area contributed by atoms with E-state index >= 15 is 0 Å². The van der Waals surface area contributed by atoms with Gasteiger partial charge in [0.2, 0.25) is 5.13 Å². The molecule has 3 N–H and O–H groups in total. The molecule has 0 spiro atoms. The van der Waals surface area contributed by atoms with Gasteiger partial charge in [0.15, 0.2) is 0 Å². The number of fused-ring (bicyclic) bond motifs is 2. The van der Waals surface area contributed by atoms with Crippen LogP contribution < -0.4 is 5.73 Å². The van der Waals surface area contributed by atoms with Gasteiger partial charge in [-0.1, -0.05) is 23.5 Å². The van der Waals surface area contributed by atoms with Crippen molar-refractivity contribution >= 4 is 21.6 Å². The molecule has 0 saturated carbocycles. The van der Waals surface area contributed by atoms with E-state index in [1.165, 1.54) is 0 Å². The summed E-state index contributed by atoms with van der Waals surface area (Å²) < 4.78 is 3.02. The second kappa shape index (κ2) is 4.91. The summed E-state index contributed by atoms with van der Waals surface area (Å²) >= 11 is 1.62. The van der Waals surface area contributed by atoms with Gasteiger partial charge in [-0.15, -0.1) is 0 Å². The van der Waals surface area contributed by atoms with Crippen LogP contribution in [0.15, 0.2) is 24.3 Å². The Morgan fingerprint density at radius 2 is 2.24 bits per heavy atom. The standard InChI is InChI=1S/C15H16N4OS/c16-8-10-14-11(5-3-6-12(14)20)19(18-10)15-17-9-4-1-2-7-13(9)21-15/h1-2,4,7,12,20H,3,5-6,8,16H2. The van der Waals surface area contributed by atoms with Crippen molar-refractivity contribution in [1.82, 2.24) is 14.8 Å². The lowest BCUT2D eigenvalue weighted by molar-refractivity contribution is 0.155. The Bertz CT molecular complexity index is 774. The number of benzene rings is 1. The lowest BCUT2D eigenvalue weighted by Gasteiger charge is -2.18. The summed E-state index contributed by atoms with van der Waals surface area (Å²) in [7, 11) is 0. The van der Waals surface area contributed by atoms with Gasteiger partial charge >= 0.3 is 0 Å². The number of hydrogen-bond acceptors (Lipinski definition) is 5. The highest BCUT2D eigenvalue weighted by molar-refractivity contribution is 7.20. The lowest BCUT2D eigenvalue weighted by atomic mass is 9.93. The molecule has 1 aliphatic carbocycles. The predicted octanol–water partition coefficient (Wildman–Crippen LogP) is 2.31. The quantitative estimate of drug-likeness (QED) is 0.761. The van der Waals surface area contributed by atoms with Crippen LogP contribution in [0.4, 0.5) is 0 Å². The summed E-state index contributed by atoms with van der Waals surface area (Å²) in [6, 6.07) is 8.06. The second-order valence-electron chi connectivity index (χ2n) is 5.30. The molecule has 0 bridgehead atoms. The maximum atomic E-state index is 10.2. The Kier molecular flexibility index (Phi) is 3.02. The third kappa shape index (κ3) is 1.98. The van der Waals surface area contributed by atoms with Crippen LogP contribution in [0, 0.1) is 0 Å². The van der Waals surface area contributed by atoms with Crippen molar-refractivity contribution in [2.45, 2.75) is 31.9 Å². The topological polar surface area (TPSA) is 77.0 Å². The smallest absolute Gasteiger partial charge is 0.211 e. The number of para-hydroxylation sites is 1. The minimum Gasteiger partial charge on any atom is -0.388 e. The molecular formula is C15H16N4OS. The molecule has 4 rings (SSSR count). The Morgan fingerprint density at radius 1 is 1.38 bits per heavy atom. The fraction of sp³-hybridized carbons (Fsp3) is 0.333. The molecule has 108 valence electrons. The van der Waals surface area contributed by atoms with Crippen molar-refractivity contribution < 1.29 is 5.11 Å². The van der Waals surface area contributed by atoms with E-state index in [2.05, 4.69) is 16.1 Å².